The van der Waals surface area contributed by atoms with E-state index in [0.717, 1.165) is 52.6 Å². The number of nitrogens with two attached hydrogens (primary N) is 1. The summed E-state index contributed by atoms with van der Waals surface area (Å²) in [4.78, 5) is 10.1. The molecule has 4 N–H and O–H groups in total. The maximum Gasteiger partial charge on any atom is 0.149 e. The van der Waals surface area contributed by atoms with E-state index in [2.05, 4.69) is 67.4 Å². The minimum atomic E-state index is -0.808. The van der Waals surface area contributed by atoms with Crippen molar-refractivity contribution in [3.8, 4) is 17.0 Å². The molecule has 1 fully saturated rings. The molecule has 3 aromatic carbocycles. The van der Waals surface area contributed by atoms with Gasteiger partial charge in [0.05, 0.1) is 29.3 Å². The molecule has 0 saturated heterocycles. The highest BCUT2D eigenvalue weighted by Gasteiger charge is 2.34. The number of hydrogen-bond donors (Lipinski definition) is 3. The Morgan fingerprint density at radius 2 is 1.81 bits per heavy atom. The summed E-state index contributed by atoms with van der Waals surface area (Å²) in [6.07, 6.45) is 6.40. The number of ether oxygens (including phenoxy) is 1. The predicted molar refractivity (Wildman–Crippen MR) is 191 cm³/mol. The molecule has 1 aliphatic carbocycles. The quantitative estimate of drug-likeness (QED) is 0.0992. The number of pyridine rings is 1. The van der Waals surface area contributed by atoms with Crippen LogP contribution in [0.15, 0.2) is 77.8 Å². The lowest BCUT2D eigenvalue weighted by atomic mass is 9.88. The van der Waals surface area contributed by atoms with E-state index >= 15 is 4.39 Å². The van der Waals surface area contributed by atoms with Crippen LogP contribution in [0.3, 0.4) is 0 Å². The van der Waals surface area contributed by atoms with Crippen LogP contribution in [0.25, 0.3) is 17.0 Å². The standard InChI is InChI=1S/C38H36ClF2N3O.CH4N2/c1-4-33(25-12-13-34-26(15-25)14-21(2)36(43-34)24-10-11-24)42-19-29(23-8-6-5-7-9-23)35-17-27-22(3)20-45-38(27)37(44-35)28-16-30(39)32(41)18-31(28)40;2-1-3/h4-9,12-13,15-18,21-22,24,29,42H,10-11,14,19-20H2,1-3H3;1H,(H3,2,3)/b33-4-;. The minimum absolute atomic E-state index is 0.0935. The van der Waals surface area contributed by atoms with E-state index in [1.807, 2.05) is 25.1 Å². The molecular weight excluding hydrogens is 628 g/mol. The average molecular weight is 668 g/mol. The molecule has 48 heavy (non-hydrogen) atoms. The largest absolute Gasteiger partial charge is 0.490 e. The van der Waals surface area contributed by atoms with Gasteiger partial charge < -0.3 is 15.8 Å². The monoisotopic (exact) mass is 667 g/mol. The molecule has 1 aromatic heterocycles. The molecule has 3 unspecified atom stereocenters. The molecule has 3 aliphatic rings. The summed E-state index contributed by atoms with van der Waals surface area (Å²) in [5.74, 6) is 0.0607. The predicted octanol–water partition coefficient (Wildman–Crippen LogP) is 9.19. The van der Waals surface area contributed by atoms with Gasteiger partial charge in [-0.15, -0.1) is 0 Å². The molecule has 0 bridgehead atoms. The van der Waals surface area contributed by atoms with Crippen LogP contribution < -0.4 is 15.8 Å². The SMILES string of the molecule is C/C=C(\NCC(c1ccccc1)c1cc2c(c(-c3cc(Cl)c(F)cc3F)n1)OCC2C)c1ccc2c(c1)CC(C)C(C1CC1)=N2.N=CN. The number of nitrogens with zero attached hydrogens (tertiary/aromatic N) is 2. The van der Waals surface area contributed by atoms with Gasteiger partial charge >= 0.3 is 0 Å². The number of fused-ring (bicyclic) bond motifs is 2. The fourth-order valence-electron chi connectivity index (χ4n) is 6.70. The van der Waals surface area contributed by atoms with Gasteiger partial charge in [-0.25, -0.2) is 13.8 Å². The number of nitrogens with one attached hydrogen (secondary N) is 2. The van der Waals surface area contributed by atoms with Crippen molar-refractivity contribution in [1.29, 1.82) is 5.41 Å². The summed E-state index contributed by atoms with van der Waals surface area (Å²) < 4.78 is 35.3. The first-order valence-corrected chi connectivity index (χ1v) is 16.8. The lowest BCUT2D eigenvalue weighted by Gasteiger charge is -2.24. The van der Waals surface area contributed by atoms with Gasteiger partial charge in [-0.3, -0.25) is 10.4 Å². The molecule has 1 saturated carbocycles. The second kappa shape index (κ2) is 14.3. The van der Waals surface area contributed by atoms with Gasteiger partial charge in [-0.05, 0) is 79.0 Å². The van der Waals surface area contributed by atoms with E-state index in [1.54, 1.807) is 0 Å². The third-order valence-corrected chi connectivity index (χ3v) is 9.60. The van der Waals surface area contributed by atoms with E-state index in [4.69, 9.17) is 31.7 Å². The van der Waals surface area contributed by atoms with Crippen LogP contribution in [-0.2, 0) is 6.42 Å². The van der Waals surface area contributed by atoms with Crippen LogP contribution in [-0.4, -0.2) is 30.2 Å². The van der Waals surface area contributed by atoms with Gasteiger partial charge in [-0.2, -0.15) is 0 Å². The zero-order chi connectivity index (χ0) is 33.9. The molecule has 248 valence electrons. The Bertz CT molecular complexity index is 1890. The molecule has 0 radical (unpaired) electrons. The summed E-state index contributed by atoms with van der Waals surface area (Å²) in [6.45, 7) is 7.42. The fourth-order valence-corrected chi connectivity index (χ4v) is 6.86. The zero-order valence-electron chi connectivity index (χ0n) is 27.4. The van der Waals surface area contributed by atoms with E-state index < -0.39 is 11.6 Å². The van der Waals surface area contributed by atoms with Crippen LogP contribution >= 0.6 is 11.6 Å². The van der Waals surface area contributed by atoms with Gasteiger partial charge in [0.2, 0.25) is 0 Å². The number of rotatable bonds is 8. The Labute approximate surface area is 285 Å². The summed E-state index contributed by atoms with van der Waals surface area (Å²) >= 11 is 6.11. The first kappa shape index (κ1) is 33.3. The van der Waals surface area contributed by atoms with E-state index in [-0.39, 0.29) is 22.4 Å². The van der Waals surface area contributed by atoms with Gasteiger partial charge in [0.25, 0.3) is 0 Å². The third kappa shape index (κ3) is 6.85. The van der Waals surface area contributed by atoms with Crippen molar-refractivity contribution in [2.75, 3.05) is 13.2 Å². The molecule has 0 amide bonds. The van der Waals surface area contributed by atoms with Crippen LogP contribution in [0.4, 0.5) is 14.5 Å². The Kier molecular flexibility index (Phi) is 9.92. The van der Waals surface area contributed by atoms with E-state index in [1.165, 1.54) is 30.2 Å². The smallest absolute Gasteiger partial charge is 0.149 e. The molecular formula is C39H40ClF2N5O. The molecule has 7 rings (SSSR count). The van der Waals surface area contributed by atoms with Crippen molar-refractivity contribution in [2.24, 2.45) is 22.6 Å². The van der Waals surface area contributed by atoms with Crippen LogP contribution in [0.5, 0.6) is 5.75 Å². The van der Waals surface area contributed by atoms with Gasteiger partial charge in [0.1, 0.15) is 23.1 Å². The number of benzene rings is 3. The average Bonchev–Trinajstić information content (AvgIpc) is 3.86. The maximum atomic E-state index is 15.2. The van der Waals surface area contributed by atoms with E-state index in [0.29, 0.717) is 36.4 Å². The number of aromatic nitrogens is 1. The van der Waals surface area contributed by atoms with Crippen molar-refractivity contribution in [1.82, 2.24) is 10.3 Å². The molecule has 3 heterocycles. The molecule has 9 heteroatoms. The van der Waals surface area contributed by atoms with Crippen LogP contribution in [0.1, 0.15) is 73.4 Å². The number of allylic oxidation sites excluding steroid dienone is 1. The Morgan fingerprint density at radius 3 is 2.52 bits per heavy atom. The molecule has 0 spiro atoms. The summed E-state index contributed by atoms with van der Waals surface area (Å²) in [6, 6.07) is 20.9. The Morgan fingerprint density at radius 1 is 1.06 bits per heavy atom. The normalized spacial score (nSPS) is 18.8. The number of hydrogen-bond acceptors (Lipinski definition) is 5. The highest BCUT2D eigenvalue weighted by atomic mass is 35.5. The summed E-state index contributed by atoms with van der Waals surface area (Å²) in [7, 11) is 0. The van der Waals surface area contributed by atoms with Crippen LogP contribution in [0.2, 0.25) is 5.02 Å². The lowest BCUT2D eigenvalue weighted by molar-refractivity contribution is 0.337. The number of aliphatic imine (C=N–C) groups is 1. The summed E-state index contributed by atoms with van der Waals surface area (Å²) in [5, 5.41) is 9.41. The first-order chi connectivity index (χ1) is 23.2. The maximum absolute atomic E-state index is 15.2. The third-order valence-electron chi connectivity index (χ3n) is 9.31. The van der Waals surface area contributed by atoms with Crippen molar-refractivity contribution in [3.05, 3.63) is 117 Å². The molecule has 3 atom stereocenters. The number of halogens is 3. The highest BCUT2D eigenvalue weighted by molar-refractivity contribution is 6.31. The lowest BCUT2D eigenvalue weighted by Crippen LogP contribution is -2.23. The van der Waals surface area contributed by atoms with Crippen molar-refractivity contribution in [2.45, 2.75) is 51.9 Å². The van der Waals surface area contributed by atoms with Gasteiger partial charge in [0, 0.05) is 47.0 Å². The topological polar surface area (TPSA) is 96.4 Å². The minimum Gasteiger partial charge on any atom is -0.490 e. The fraction of sp³-hybridized carbons (Fsp3) is 0.308. The Hall–Kier alpha value is -4.56. The molecule has 6 nitrogen and oxygen atoms in total. The van der Waals surface area contributed by atoms with Crippen molar-refractivity contribution < 1.29 is 13.5 Å². The van der Waals surface area contributed by atoms with E-state index in [9.17, 15) is 4.39 Å². The molecule has 2 aliphatic heterocycles. The zero-order valence-corrected chi connectivity index (χ0v) is 28.1. The Balaban J connectivity index is 0.00000129. The van der Waals surface area contributed by atoms with Gasteiger partial charge in [0.15, 0.2) is 0 Å². The van der Waals surface area contributed by atoms with Crippen molar-refractivity contribution in [3.63, 3.8) is 0 Å². The second-order valence-electron chi connectivity index (χ2n) is 12.7. The van der Waals surface area contributed by atoms with Crippen LogP contribution in [0, 0.1) is 28.9 Å². The van der Waals surface area contributed by atoms with Gasteiger partial charge in [-0.1, -0.05) is 67.9 Å². The molecule has 4 aromatic rings. The summed E-state index contributed by atoms with van der Waals surface area (Å²) in [5.41, 5.74) is 13.5. The highest BCUT2D eigenvalue weighted by Crippen LogP contribution is 2.44. The first-order valence-electron chi connectivity index (χ1n) is 16.4. The second-order valence-corrected chi connectivity index (χ2v) is 13.2. The van der Waals surface area contributed by atoms with Crippen molar-refractivity contribution >= 4 is 35.0 Å².